The number of hydrogen-bond donors (Lipinski definition) is 2. The molecule has 12 heteroatoms. The molecule has 0 bridgehead atoms. The van der Waals surface area contributed by atoms with Crippen LogP contribution in [-0.4, -0.2) is 43.1 Å². The van der Waals surface area contributed by atoms with E-state index in [1.165, 1.54) is 31.4 Å². The lowest BCUT2D eigenvalue weighted by atomic mass is 10.2. The number of amides is 2. The minimum Gasteiger partial charge on any atom is -0.441 e. The number of nitrogens with zero attached hydrogens (tertiary/aromatic N) is 2. The highest BCUT2D eigenvalue weighted by atomic mass is 32.2. The molecule has 0 aliphatic heterocycles. The van der Waals surface area contributed by atoms with E-state index in [9.17, 15) is 26.8 Å². The number of benzene rings is 2. The summed E-state index contributed by atoms with van der Waals surface area (Å²) < 4.78 is 58.2. The Morgan fingerprint density at radius 1 is 1.06 bits per heavy atom. The second-order valence-corrected chi connectivity index (χ2v) is 9.46. The number of nitrogens with one attached hydrogen (secondary N) is 2. The number of hydrogen-bond acceptors (Lipinski definition) is 6. The SMILES string of the molecule is Cc1ccc(S(=O)(=O)N(C)CC(=O)NNC(=O)CCc2ncc(-c3ccc(F)cc3F)o2)cc1. The van der Waals surface area contributed by atoms with Crippen molar-refractivity contribution in [1.29, 1.82) is 0 Å². The topological polar surface area (TPSA) is 122 Å². The van der Waals surface area contributed by atoms with E-state index in [1.54, 1.807) is 12.1 Å². The fourth-order valence-electron chi connectivity index (χ4n) is 2.88. The van der Waals surface area contributed by atoms with Crippen LogP contribution in [0.3, 0.4) is 0 Å². The highest BCUT2D eigenvalue weighted by molar-refractivity contribution is 7.89. The van der Waals surface area contributed by atoms with Crippen LogP contribution < -0.4 is 10.9 Å². The van der Waals surface area contributed by atoms with Crippen LogP contribution in [0.25, 0.3) is 11.3 Å². The standard InChI is InChI=1S/C22H22F2N4O5S/c1-14-3-6-16(7-4-14)34(31,32)28(2)13-21(30)27-26-20(29)9-10-22-25-12-19(33-22)17-8-5-15(23)11-18(17)24/h3-8,11-12H,9-10,13H2,1-2H3,(H,26,29)(H,27,30). The summed E-state index contributed by atoms with van der Waals surface area (Å²) in [7, 11) is -2.62. The average molecular weight is 493 g/mol. The first-order chi connectivity index (χ1) is 16.1. The van der Waals surface area contributed by atoms with Crippen molar-refractivity contribution in [2.24, 2.45) is 0 Å². The van der Waals surface area contributed by atoms with Crippen molar-refractivity contribution in [3.8, 4) is 11.3 Å². The average Bonchev–Trinajstić information content (AvgIpc) is 3.25. The second-order valence-electron chi connectivity index (χ2n) is 7.41. The highest BCUT2D eigenvalue weighted by Gasteiger charge is 2.23. The van der Waals surface area contributed by atoms with Gasteiger partial charge in [0.05, 0.1) is 23.2 Å². The number of carbonyl (C=O) groups is 2. The summed E-state index contributed by atoms with van der Waals surface area (Å²) >= 11 is 0. The van der Waals surface area contributed by atoms with Gasteiger partial charge in [-0.15, -0.1) is 0 Å². The molecule has 0 saturated heterocycles. The zero-order chi connectivity index (χ0) is 24.9. The van der Waals surface area contributed by atoms with Crippen molar-refractivity contribution in [3.63, 3.8) is 0 Å². The Hall–Kier alpha value is -3.64. The zero-order valence-corrected chi connectivity index (χ0v) is 19.2. The van der Waals surface area contributed by atoms with Crippen LogP contribution in [-0.2, 0) is 26.0 Å². The monoisotopic (exact) mass is 492 g/mol. The number of rotatable bonds is 8. The minimum atomic E-state index is -3.87. The van der Waals surface area contributed by atoms with E-state index < -0.39 is 40.0 Å². The first-order valence-electron chi connectivity index (χ1n) is 10.1. The van der Waals surface area contributed by atoms with E-state index in [-0.39, 0.29) is 35.0 Å². The van der Waals surface area contributed by atoms with Crippen LogP contribution in [0, 0.1) is 18.6 Å². The molecule has 0 saturated carbocycles. The lowest BCUT2D eigenvalue weighted by molar-refractivity contribution is -0.128. The molecule has 2 N–H and O–H groups in total. The van der Waals surface area contributed by atoms with Crippen molar-refractivity contribution in [1.82, 2.24) is 20.1 Å². The van der Waals surface area contributed by atoms with Crippen LogP contribution in [0.15, 0.2) is 58.0 Å². The van der Waals surface area contributed by atoms with Crippen LogP contribution >= 0.6 is 0 Å². The molecule has 0 spiro atoms. The van der Waals surface area contributed by atoms with Crippen molar-refractivity contribution < 1.29 is 31.2 Å². The molecule has 2 amide bonds. The number of hydrazine groups is 1. The molecule has 9 nitrogen and oxygen atoms in total. The predicted octanol–water partition coefficient (Wildman–Crippen LogP) is 2.33. The van der Waals surface area contributed by atoms with Crippen molar-refractivity contribution in [2.45, 2.75) is 24.7 Å². The third-order valence-corrected chi connectivity index (χ3v) is 6.57. The molecule has 1 heterocycles. The highest BCUT2D eigenvalue weighted by Crippen LogP contribution is 2.24. The summed E-state index contributed by atoms with van der Waals surface area (Å²) in [4.78, 5) is 28.1. The van der Waals surface area contributed by atoms with Crippen LogP contribution in [0.2, 0.25) is 0 Å². The van der Waals surface area contributed by atoms with Crippen LogP contribution in [0.1, 0.15) is 17.9 Å². The van der Waals surface area contributed by atoms with Crippen molar-refractivity contribution in [2.75, 3.05) is 13.6 Å². The third-order valence-electron chi connectivity index (χ3n) is 4.75. The molecule has 0 radical (unpaired) electrons. The lowest BCUT2D eigenvalue weighted by Crippen LogP contribution is -2.46. The predicted molar refractivity (Wildman–Crippen MR) is 117 cm³/mol. The Bertz CT molecular complexity index is 1290. The van der Waals surface area contributed by atoms with Gasteiger partial charge in [-0.3, -0.25) is 20.4 Å². The Labute approximate surface area is 194 Å². The number of aryl methyl sites for hydroxylation is 2. The van der Waals surface area contributed by atoms with Crippen molar-refractivity contribution >= 4 is 21.8 Å². The molecule has 3 aromatic rings. The number of aromatic nitrogens is 1. The fraction of sp³-hybridized carbons (Fsp3) is 0.227. The Morgan fingerprint density at radius 3 is 2.41 bits per heavy atom. The molecule has 180 valence electrons. The van der Waals surface area contributed by atoms with E-state index >= 15 is 0 Å². The molecule has 0 atom stereocenters. The second kappa shape index (κ2) is 10.5. The molecule has 1 aromatic heterocycles. The van der Waals surface area contributed by atoms with Crippen LogP contribution in [0.5, 0.6) is 0 Å². The van der Waals surface area contributed by atoms with Gasteiger partial charge in [-0.2, -0.15) is 4.31 Å². The van der Waals surface area contributed by atoms with Gasteiger partial charge in [0.25, 0.3) is 5.91 Å². The van der Waals surface area contributed by atoms with Gasteiger partial charge in [0.2, 0.25) is 15.9 Å². The Morgan fingerprint density at radius 2 is 1.74 bits per heavy atom. The number of sulfonamides is 1. The van der Waals surface area contributed by atoms with E-state index in [1.807, 2.05) is 6.92 Å². The molecular formula is C22H22F2N4O5S. The summed E-state index contributed by atoms with van der Waals surface area (Å²) in [6.45, 7) is 1.31. The van der Waals surface area contributed by atoms with Gasteiger partial charge in [-0.25, -0.2) is 22.2 Å². The van der Waals surface area contributed by atoms with Gasteiger partial charge >= 0.3 is 0 Å². The molecule has 0 fully saturated rings. The maximum atomic E-state index is 13.8. The summed E-state index contributed by atoms with van der Waals surface area (Å²) in [5.41, 5.74) is 5.25. The van der Waals surface area contributed by atoms with Gasteiger partial charge in [0.15, 0.2) is 11.7 Å². The Balaban J connectivity index is 1.46. The summed E-state index contributed by atoms with van der Waals surface area (Å²) in [5, 5.41) is 0. The molecule has 3 rings (SSSR count). The summed E-state index contributed by atoms with van der Waals surface area (Å²) in [6.07, 6.45) is 1.19. The third kappa shape index (κ3) is 6.23. The first kappa shape index (κ1) is 25.0. The van der Waals surface area contributed by atoms with Gasteiger partial charge in [-0.05, 0) is 31.2 Å². The number of halogens is 2. The number of carbonyl (C=O) groups excluding carboxylic acids is 2. The first-order valence-corrected chi connectivity index (χ1v) is 11.5. The lowest BCUT2D eigenvalue weighted by Gasteiger charge is -2.17. The van der Waals surface area contributed by atoms with Crippen LogP contribution in [0.4, 0.5) is 8.78 Å². The van der Waals surface area contributed by atoms with E-state index in [0.717, 1.165) is 22.0 Å². The maximum absolute atomic E-state index is 13.8. The number of oxazole rings is 1. The largest absolute Gasteiger partial charge is 0.441 e. The van der Waals surface area contributed by atoms with Gasteiger partial charge in [0, 0.05) is 26.0 Å². The van der Waals surface area contributed by atoms with E-state index in [4.69, 9.17) is 4.42 Å². The zero-order valence-electron chi connectivity index (χ0n) is 18.3. The van der Waals surface area contributed by atoms with Gasteiger partial charge in [-0.1, -0.05) is 17.7 Å². The van der Waals surface area contributed by atoms with E-state index in [2.05, 4.69) is 15.8 Å². The minimum absolute atomic E-state index is 0.0292. The smallest absolute Gasteiger partial charge is 0.253 e. The molecular weight excluding hydrogens is 470 g/mol. The summed E-state index contributed by atoms with van der Waals surface area (Å²) in [5.74, 6) is -2.62. The number of likely N-dealkylation sites (N-methyl/N-ethyl adjacent to an activating group) is 1. The molecule has 0 unspecified atom stereocenters. The molecule has 2 aromatic carbocycles. The Kier molecular flexibility index (Phi) is 7.74. The van der Waals surface area contributed by atoms with Crippen molar-refractivity contribution in [3.05, 3.63) is 71.8 Å². The quantitative estimate of drug-likeness (QED) is 0.466. The van der Waals surface area contributed by atoms with E-state index in [0.29, 0.717) is 0 Å². The normalized spacial score (nSPS) is 11.4. The maximum Gasteiger partial charge on any atom is 0.253 e. The molecule has 34 heavy (non-hydrogen) atoms. The summed E-state index contributed by atoms with van der Waals surface area (Å²) in [6, 6.07) is 9.20. The van der Waals surface area contributed by atoms with Gasteiger partial charge in [0.1, 0.15) is 11.6 Å². The van der Waals surface area contributed by atoms with Gasteiger partial charge < -0.3 is 4.42 Å². The molecule has 0 aliphatic carbocycles. The fourth-order valence-corrected chi connectivity index (χ4v) is 4.01. The molecule has 0 aliphatic rings.